The van der Waals surface area contributed by atoms with E-state index < -0.39 is 7.12 Å². The van der Waals surface area contributed by atoms with Crippen LogP contribution in [0.3, 0.4) is 0 Å². The van der Waals surface area contributed by atoms with Crippen LogP contribution in [-0.2, 0) is 0 Å². The predicted octanol–water partition coefficient (Wildman–Crippen LogP) is 0.528. The molecule has 0 atom stereocenters. The van der Waals surface area contributed by atoms with Crippen molar-refractivity contribution in [1.29, 1.82) is 0 Å². The van der Waals surface area contributed by atoms with E-state index in [2.05, 4.69) is 0 Å². The number of fused-ring (bicyclic) bond motifs is 1. The summed E-state index contributed by atoms with van der Waals surface area (Å²) in [5, 5.41) is 20.2. The maximum absolute atomic E-state index is 9.20. The van der Waals surface area contributed by atoms with Gasteiger partial charge in [-0.15, -0.1) is 0 Å². The van der Waals surface area contributed by atoms with Crippen molar-refractivity contribution in [2.75, 3.05) is 7.11 Å². The molecule has 0 unspecified atom stereocenters. The third-order valence-electron chi connectivity index (χ3n) is 2.40. The first-order valence-corrected chi connectivity index (χ1v) is 4.65. The zero-order valence-electron chi connectivity index (χ0n) is 8.34. The quantitative estimate of drug-likeness (QED) is 0.698. The molecule has 15 heavy (non-hydrogen) atoms. The van der Waals surface area contributed by atoms with Crippen molar-refractivity contribution in [2.24, 2.45) is 0 Å². The minimum Gasteiger partial charge on any atom is -0.497 e. The van der Waals surface area contributed by atoms with Crippen LogP contribution >= 0.6 is 0 Å². The Hall–Kier alpha value is -1.52. The highest BCUT2D eigenvalue weighted by atomic mass is 16.5. The normalized spacial score (nSPS) is 10.3. The summed E-state index contributed by atoms with van der Waals surface area (Å²) in [6.45, 7) is 0. The predicted molar refractivity (Wildman–Crippen MR) is 60.3 cm³/mol. The van der Waals surface area contributed by atoms with Crippen LogP contribution in [0.5, 0.6) is 5.75 Å². The van der Waals surface area contributed by atoms with Crippen molar-refractivity contribution in [1.82, 2.24) is 0 Å². The van der Waals surface area contributed by atoms with Gasteiger partial charge in [-0.3, -0.25) is 0 Å². The lowest BCUT2D eigenvalue weighted by molar-refractivity contribution is 0.415. The molecule has 0 fully saturated rings. The van der Waals surface area contributed by atoms with Gasteiger partial charge in [0.2, 0.25) is 0 Å². The fourth-order valence-electron chi connectivity index (χ4n) is 1.63. The number of hydrogen-bond donors (Lipinski definition) is 2. The summed E-state index contributed by atoms with van der Waals surface area (Å²) in [5.41, 5.74) is 0.492. The molecule has 0 aliphatic carbocycles. The van der Waals surface area contributed by atoms with Gasteiger partial charge in [-0.05, 0) is 28.4 Å². The fraction of sp³-hybridized carbons (Fsp3) is 0.0909. The van der Waals surface area contributed by atoms with Gasteiger partial charge in [-0.2, -0.15) is 0 Å². The first-order valence-electron chi connectivity index (χ1n) is 4.65. The molecular weight excluding hydrogens is 191 g/mol. The molecule has 0 bridgehead atoms. The number of methoxy groups -OCH3 is 1. The van der Waals surface area contributed by atoms with E-state index in [1.165, 1.54) is 0 Å². The lowest BCUT2D eigenvalue weighted by Crippen LogP contribution is -2.30. The lowest BCUT2D eigenvalue weighted by Gasteiger charge is -2.07. The second-order valence-corrected chi connectivity index (χ2v) is 3.31. The second kappa shape index (κ2) is 3.92. The highest BCUT2D eigenvalue weighted by Gasteiger charge is 2.14. The molecule has 0 spiro atoms. The van der Waals surface area contributed by atoms with Crippen LogP contribution in [0.1, 0.15) is 0 Å². The molecule has 4 heteroatoms. The molecule has 0 saturated carbocycles. The highest BCUT2D eigenvalue weighted by molar-refractivity contribution is 6.62. The molecule has 0 aliphatic rings. The van der Waals surface area contributed by atoms with Crippen molar-refractivity contribution < 1.29 is 14.8 Å². The Balaban J connectivity index is 2.70. The largest absolute Gasteiger partial charge is 0.497 e. The van der Waals surface area contributed by atoms with E-state index in [1.807, 2.05) is 18.2 Å². The molecule has 2 aromatic carbocycles. The van der Waals surface area contributed by atoms with Crippen LogP contribution in [0.4, 0.5) is 0 Å². The number of ether oxygens (including phenoxy) is 1. The summed E-state index contributed by atoms with van der Waals surface area (Å²) in [4.78, 5) is 0. The van der Waals surface area contributed by atoms with Gasteiger partial charge in [0.05, 0.1) is 7.11 Å². The van der Waals surface area contributed by atoms with Crippen molar-refractivity contribution in [3.05, 3.63) is 36.4 Å². The molecule has 76 valence electrons. The van der Waals surface area contributed by atoms with E-state index in [1.54, 1.807) is 25.3 Å². The molecule has 0 amide bonds. The summed E-state index contributed by atoms with van der Waals surface area (Å²) in [6.07, 6.45) is 0. The molecular formula is C11H11BO3. The maximum Gasteiger partial charge on any atom is 0.489 e. The minimum atomic E-state index is -1.46. The Morgan fingerprint density at radius 3 is 2.60 bits per heavy atom. The van der Waals surface area contributed by atoms with Crippen LogP contribution < -0.4 is 10.2 Å². The van der Waals surface area contributed by atoms with Crippen LogP contribution in [0.15, 0.2) is 36.4 Å². The lowest BCUT2D eigenvalue weighted by atomic mass is 9.77. The summed E-state index contributed by atoms with van der Waals surface area (Å²) in [6, 6.07) is 10.9. The number of rotatable bonds is 2. The van der Waals surface area contributed by atoms with Crippen molar-refractivity contribution >= 4 is 23.4 Å². The van der Waals surface area contributed by atoms with E-state index >= 15 is 0 Å². The Kier molecular flexibility index (Phi) is 2.62. The van der Waals surface area contributed by atoms with Crippen molar-refractivity contribution in [2.45, 2.75) is 0 Å². The molecule has 3 nitrogen and oxygen atoms in total. The summed E-state index contributed by atoms with van der Waals surface area (Å²) in [5.74, 6) is 0.704. The van der Waals surface area contributed by atoms with E-state index in [-0.39, 0.29) is 0 Å². The first-order chi connectivity index (χ1) is 7.22. The minimum absolute atomic E-state index is 0.492. The van der Waals surface area contributed by atoms with E-state index in [4.69, 9.17) is 4.74 Å². The van der Waals surface area contributed by atoms with Gasteiger partial charge in [0.25, 0.3) is 0 Å². The van der Waals surface area contributed by atoms with Gasteiger partial charge in [0.1, 0.15) is 5.75 Å². The topological polar surface area (TPSA) is 49.7 Å². The summed E-state index contributed by atoms with van der Waals surface area (Å²) >= 11 is 0. The van der Waals surface area contributed by atoms with Gasteiger partial charge < -0.3 is 14.8 Å². The van der Waals surface area contributed by atoms with Crippen LogP contribution in [0.2, 0.25) is 0 Å². The van der Waals surface area contributed by atoms with Crippen LogP contribution in [0, 0.1) is 0 Å². The first kappa shape index (κ1) is 10.0. The van der Waals surface area contributed by atoms with Gasteiger partial charge in [0.15, 0.2) is 0 Å². The van der Waals surface area contributed by atoms with Crippen molar-refractivity contribution in [3.8, 4) is 5.75 Å². The van der Waals surface area contributed by atoms with Gasteiger partial charge in [0, 0.05) is 0 Å². The van der Waals surface area contributed by atoms with E-state index in [0.29, 0.717) is 11.2 Å². The Bertz CT molecular complexity index is 482. The van der Waals surface area contributed by atoms with Crippen molar-refractivity contribution in [3.63, 3.8) is 0 Å². The molecule has 0 radical (unpaired) electrons. The molecule has 0 aliphatic heterocycles. The molecule has 2 rings (SSSR count). The molecule has 0 aromatic heterocycles. The monoisotopic (exact) mass is 202 g/mol. The zero-order chi connectivity index (χ0) is 10.8. The average molecular weight is 202 g/mol. The Labute approximate surface area is 88.1 Å². The average Bonchev–Trinajstić information content (AvgIpc) is 2.27. The molecule has 2 N–H and O–H groups in total. The number of benzene rings is 2. The van der Waals surface area contributed by atoms with E-state index in [9.17, 15) is 10.0 Å². The summed E-state index contributed by atoms with van der Waals surface area (Å²) in [7, 11) is 0.125. The molecule has 0 heterocycles. The summed E-state index contributed by atoms with van der Waals surface area (Å²) < 4.78 is 5.09. The third kappa shape index (κ3) is 1.82. The van der Waals surface area contributed by atoms with Gasteiger partial charge in [-0.25, -0.2) is 0 Å². The standard InChI is InChI=1S/C11H11BO3/c1-15-9-6-5-8-3-2-4-11(12(13)14)10(8)7-9/h2-7,13-14H,1H3. The second-order valence-electron chi connectivity index (χ2n) is 3.31. The highest BCUT2D eigenvalue weighted by Crippen LogP contribution is 2.19. The van der Waals surface area contributed by atoms with Crippen LogP contribution in [-0.4, -0.2) is 24.3 Å². The number of hydrogen-bond acceptors (Lipinski definition) is 3. The zero-order valence-corrected chi connectivity index (χ0v) is 8.34. The SMILES string of the molecule is COc1ccc2cccc(B(O)O)c2c1. The smallest absolute Gasteiger partial charge is 0.489 e. The fourth-order valence-corrected chi connectivity index (χ4v) is 1.63. The molecule has 2 aromatic rings. The van der Waals surface area contributed by atoms with Gasteiger partial charge >= 0.3 is 7.12 Å². The Morgan fingerprint density at radius 1 is 1.13 bits per heavy atom. The maximum atomic E-state index is 9.20. The van der Waals surface area contributed by atoms with Crippen LogP contribution in [0.25, 0.3) is 10.8 Å². The van der Waals surface area contributed by atoms with E-state index in [0.717, 1.165) is 10.8 Å². The molecule has 0 saturated heterocycles. The Morgan fingerprint density at radius 2 is 1.93 bits per heavy atom. The third-order valence-corrected chi connectivity index (χ3v) is 2.40. The van der Waals surface area contributed by atoms with Gasteiger partial charge in [-0.1, -0.05) is 24.3 Å².